The fourth-order valence-electron chi connectivity index (χ4n) is 1.64. The summed E-state index contributed by atoms with van der Waals surface area (Å²) in [5.41, 5.74) is 13.0. The number of benzene rings is 1. The molecule has 1 heterocycles. The number of nitrogens with zero attached hydrogens (tertiary/aromatic N) is 2. The van der Waals surface area contributed by atoms with Gasteiger partial charge in [0.1, 0.15) is 17.3 Å². The van der Waals surface area contributed by atoms with E-state index in [1.165, 1.54) is 7.11 Å². The second-order valence-electron chi connectivity index (χ2n) is 3.81. The summed E-state index contributed by atoms with van der Waals surface area (Å²) in [7, 11) is 3.14. The molecule has 0 spiro atoms. The van der Waals surface area contributed by atoms with Crippen molar-refractivity contribution in [1.29, 1.82) is 0 Å². The molecule has 6 nitrogen and oxygen atoms in total. The monoisotopic (exact) mass is 248 g/mol. The van der Waals surface area contributed by atoms with E-state index in [4.69, 9.17) is 20.9 Å². The van der Waals surface area contributed by atoms with Crippen LogP contribution in [0.4, 0.5) is 11.5 Å². The Morgan fingerprint density at radius 2 is 1.78 bits per heavy atom. The molecule has 0 fully saturated rings. The summed E-state index contributed by atoms with van der Waals surface area (Å²) in [6.07, 6.45) is 0. The molecule has 96 valence electrons. The van der Waals surface area contributed by atoms with Crippen molar-refractivity contribution in [3.8, 4) is 11.6 Å². The van der Waals surface area contributed by atoms with E-state index in [0.29, 0.717) is 23.9 Å². The number of nitrogen functional groups attached to an aromatic ring is 2. The lowest BCUT2D eigenvalue weighted by atomic mass is 10.2. The van der Waals surface area contributed by atoms with Gasteiger partial charge in [0.2, 0.25) is 0 Å². The Labute approximate surface area is 105 Å². The maximum atomic E-state index is 5.85. The summed E-state index contributed by atoms with van der Waals surface area (Å²) in [4.78, 5) is 0. The third kappa shape index (κ3) is 2.17. The molecular weight excluding hydrogens is 232 g/mol. The highest BCUT2D eigenvalue weighted by molar-refractivity contribution is 5.65. The minimum Gasteiger partial charge on any atom is -0.497 e. The number of anilines is 2. The largest absolute Gasteiger partial charge is 0.497 e. The summed E-state index contributed by atoms with van der Waals surface area (Å²) >= 11 is 0. The molecule has 0 amide bonds. The molecule has 2 rings (SSSR count). The average Bonchev–Trinajstić information content (AvgIpc) is 2.67. The molecule has 1 aromatic carbocycles. The van der Waals surface area contributed by atoms with Gasteiger partial charge in [-0.1, -0.05) is 12.1 Å². The van der Waals surface area contributed by atoms with Gasteiger partial charge in [-0.25, -0.2) is 4.68 Å². The highest BCUT2D eigenvalue weighted by Gasteiger charge is 2.12. The highest BCUT2D eigenvalue weighted by atomic mass is 16.5. The van der Waals surface area contributed by atoms with Gasteiger partial charge < -0.3 is 20.9 Å². The van der Waals surface area contributed by atoms with E-state index in [1.807, 2.05) is 24.3 Å². The first-order chi connectivity index (χ1) is 8.65. The molecule has 0 saturated heterocycles. The van der Waals surface area contributed by atoms with E-state index in [2.05, 4.69) is 5.10 Å². The Hall–Kier alpha value is -2.37. The zero-order chi connectivity index (χ0) is 13.1. The molecule has 0 atom stereocenters. The molecule has 1 aromatic heterocycles. The van der Waals surface area contributed by atoms with Gasteiger partial charge in [0.15, 0.2) is 0 Å². The van der Waals surface area contributed by atoms with Crippen LogP contribution in [0, 0.1) is 0 Å². The van der Waals surface area contributed by atoms with Gasteiger partial charge in [0.05, 0.1) is 20.8 Å². The molecule has 0 saturated carbocycles. The SMILES string of the molecule is COc1ccc(Cn2nc(OC)c(N)c2N)cc1. The van der Waals surface area contributed by atoms with Crippen LogP contribution < -0.4 is 20.9 Å². The topological polar surface area (TPSA) is 88.3 Å². The van der Waals surface area contributed by atoms with Crippen LogP contribution >= 0.6 is 0 Å². The van der Waals surface area contributed by atoms with Crippen LogP contribution in [0.1, 0.15) is 5.56 Å². The average molecular weight is 248 g/mol. The fourth-order valence-corrected chi connectivity index (χ4v) is 1.64. The zero-order valence-electron chi connectivity index (χ0n) is 10.4. The Kier molecular flexibility index (Phi) is 3.27. The van der Waals surface area contributed by atoms with Crippen molar-refractivity contribution in [2.45, 2.75) is 6.54 Å². The molecule has 2 aromatic rings. The highest BCUT2D eigenvalue weighted by Crippen LogP contribution is 2.26. The van der Waals surface area contributed by atoms with Crippen molar-refractivity contribution >= 4 is 11.5 Å². The lowest BCUT2D eigenvalue weighted by Gasteiger charge is -2.05. The van der Waals surface area contributed by atoms with E-state index in [1.54, 1.807) is 11.8 Å². The van der Waals surface area contributed by atoms with Crippen molar-refractivity contribution in [2.24, 2.45) is 0 Å². The smallest absolute Gasteiger partial charge is 0.258 e. The van der Waals surface area contributed by atoms with Gasteiger partial charge in [-0.2, -0.15) is 0 Å². The first-order valence-corrected chi connectivity index (χ1v) is 5.44. The summed E-state index contributed by atoms with van der Waals surface area (Å²) < 4.78 is 11.7. The van der Waals surface area contributed by atoms with E-state index < -0.39 is 0 Å². The van der Waals surface area contributed by atoms with Crippen molar-refractivity contribution in [1.82, 2.24) is 9.78 Å². The van der Waals surface area contributed by atoms with Gasteiger partial charge in [-0.05, 0) is 17.7 Å². The van der Waals surface area contributed by atoms with Crippen molar-refractivity contribution < 1.29 is 9.47 Å². The maximum Gasteiger partial charge on any atom is 0.258 e. The van der Waals surface area contributed by atoms with Crippen molar-refractivity contribution in [3.05, 3.63) is 29.8 Å². The van der Waals surface area contributed by atoms with Gasteiger partial charge in [-0.3, -0.25) is 0 Å². The number of ether oxygens (including phenoxy) is 2. The molecule has 6 heteroatoms. The van der Waals surface area contributed by atoms with Gasteiger partial charge in [0.25, 0.3) is 5.88 Å². The van der Waals surface area contributed by atoms with Crippen molar-refractivity contribution in [2.75, 3.05) is 25.7 Å². The number of hydrogen-bond acceptors (Lipinski definition) is 5. The fraction of sp³-hybridized carbons (Fsp3) is 0.250. The Morgan fingerprint density at radius 1 is 1.11 bits per heavy atom. The number of rotatable bonds is 4. The molecule has 0 radical (unpaired) electrons. The summed E-state index contributed by atoms with van der Waals surface area (Å²) in [6, 6.07) is 7.66. The van der Waals surface area contributed by atoms with Gasteiger partial charge in [-0.15, -0.1) is 5.10 Å². The van der Waals surface area contributed by atoms with Crippen LogP contribution in [0.3, 0.4) is 0 Å². The quantitative estimate of drug-likeness (QED) is 0.846. The van der Waals surface area contributed by atoms with E-state index in [9.17, 15) is 0 Å². The number of nitrogens with two attached hydrogens (primary N) is 2. The predicted molar refractivity (Wildman–Crippen MR) is 69.7 cm³/mol. The molecule has 0 aliphatic rings. The third-order valence-corrected chi connectivity index (χ3v) is 2.68. The van der Waals surface area contributed by atoms with Crippen LogP contribution in [0.15, 0.2) is 24.3 Å². The Balaban J connectivity index is 2.22. The molecule has 0 unspecified atom stereocenters. The van der Waals surface area contributed by atoms with E-state index >= 15 is 0 Å². The Morgan fingerprint density at radius 3 is 2.28 bits per heavy atom. The van der Waals surface area contributed by atoms with Crippen molar-refractivity contribution in [3.63, 3.8) is 0 Å². The molecule has 0 aliphatic carbocycles. The minimum absolute atomic E-state index is 0.348. The molecule has 18 heavy (non-hydrogen) atoms. The van der Waals surface area contributed by atoms with Crippen LogP contribution in [-0.4, -0.2) is 24.0 Å². The van der Waals surface area contributed by atoms with Crippen LogP contribution in [0.2, 0.25) is 0 Å². The number of hydrogen-bond donors (Lipinski definition) is 2. The second-order valence-corrected chi connectivity index (χ2v) is 3.81. The van der Waals surface area contributed by atoms with Gasteiger partial charge in [0, 0.05) is 0 Å². The first-order valence-electron chi connectivity index (χ1n) is 5.44. The minimum atomic E-state index is 0.348. The number of methoxy groups -OCH3 is 2. The van der Waals surface area contributed by atoms with Crippen LogP contribution in [0.25, 0.3) is 0 Å². The zero-order valence-corrected chi connectivity index (χ0v) is 10.4. The maximum absolute atomic E-state index is 5.85. The lowest BCUT2D eigenvalue weighted by Crippen LogP contribution is -2.06. The lowest BCUT2D eigenvalue weighted by molar-refractivity contribution is 0.392. The summed E-state index contributed by atoms with van der Waals surface area (Å²) in [6.45, 7) is 0.531. The molecular formula is C12H16N4O2. The summed E-state index contributed by atoms with van der Waals surface area (Å²) in [5.74, 6) is 1.56. The first kappa shape index (κ1) is 12.1. The standard InChI is InChI=1S/C12H16N4O2/c1-17-9-5-3-8(4-6-9)7-16-11(14)10(13)12(15-16)18-2/h3-6H,7,13-14H2,1-2H3. The molecule has 0 bridgehead atoms. The predicted octanol–water partition coefficient (Wildman–Crippen LogP) is 1.11. The van der Waals surface area contributed by atoms with E-state index in [-0.39, 0.29) is 0 Å². The normalized spacial score (nSPS) is 10.3. The van der Waals surface area contributed by atoms with E-state index in [0.717, 1.165) is 11.3 Å². The Bertz CT molecular complexity index is 534. The van der Waals surface area contributed by atoms with Gasteiger partial charge >= 0.3 is 0 Å². The van der Waals surface area contributed by atoms with Crippen LogP contribution in [-0.2, 0) is 6.54 Å². The third-order valence-electron chi connectivity index (χ3n) is 2.68. The summed E-state index contributed by atoms with van der Waals surface area (Å²) in [5, 5.41) is 4.18. The van der Waals surface area contributed by atoms with Crippen LogP contribution in [0.5, 0.6) is 11.6 Å². The molecule has 0 aliphatic heterocycles. The second kappa shape index (κ2) is 4.87. The number of aromatic nitrogens is 2. The molecule has 4 N–H and O–H groups in total.